The number of amides is 1. The van der Waals surface area contributed by atoms with E-state index >= 15 is 0 Å². The first-order valence-electron chi connectivity index (χ1n) is 6.12. The maximum atomic E-state index is 12.2. The van der Waals surface area contributed by atoms with Gasteiger partial charge in [0, 0.05) is 5.56 Å². The first kappa shape index (κ1) is 15.6. The molecule has 106 valence electrons. The molecule has 5 nitrogen and oxygen atoms in total. The molecule has 1 aromatic rings. The summed E-state index contributed by atoms with van der Waals surface area (Å²) in [7, 11) is 0. The normalized spacial score (nSPS) is 11.5. The fourth-order valence-electron chi connectivity index (χ4n) is 2.11. The molecule has 0 spiro atoms. The quantitative estimate of drug-likeness (QED) is 0.607. The van der Waals surface area contributed by atoms with E-state index in [1.165, 1.54) is 0 Å². The molecule has 0 bridgehead atoms. The summed E-state index contributed by atoms with van der Waals surface area (Å²) in [6.07, 6.45) is 0. The summed E-state index contributed by atoms with van der Waals surface area (Å²) in [5.41, 5.74) is 1.80. The van der Waals surface area contributed by atoms with Crippen LogP contribution in [0.1, 0.15) is 27.0 Å². The van der Waals surface area contributed by atoms with Gasteiger partial charge in [-0.25, -0.2) is 0 Å². The van der Waals surface area contributed by atoms with Crippen LogP contribution < -0.4 is 5.32 Å². The highest BCUT2D eigenvalue weighted by molar-refractivity contribution is 5.97. The molecule has 0 radical (unpaired) electrons. The number of aryl methyl sites for hydroxylation is 3. The lowest BCUT2D eigenvalue weighted by Crippen LogP contribution is -2.57. The number of hydrogen-bond acceptors (Lipinski definition) is 4. The third kappa shape index (κ3) is 3.32. The summed E-state index contributed by atoms with van der Waals surface area (Å²) >= 11 is 0. The van der Waals surface area contributed by atoms with Crippen LogP contribution in [0.2, 0.25) is 0 Å². The van der Waals surface area contributed by atoms with Gasteiger partial charge in [-0.15, -0.1) is 0 Å². The third-order valence-corrected chi connectivity index (χ3v) is 3.19. The van der Waals surface area contributed by atoms with Crippen molar-refractivity contribution in [3.8, 4) is 0 Å². The van der Waals surface area contributed by atoms with Crippen molar-refractivity contribution in [2.24, 2.45) is 0 Å². The Morgan fingerprint density at radius 2 is 1.47 bits per heavy atom. The summed E-state index contributed by atoms with van der Waals surface area (Å²) in [6.45, 7) is 4.00. The molecule has 0 saturated heterocycles. The second-order valence-corrected chi connectivity index (χ2v) is 4.98. The number of rotatable bonds is 5. The van der Waals surface area contributed by atoms with Gasteiger partial charge < -0.3 is 20.6 Å². The molecular weight excluding hydrogens is 246 g/mol. The average Bonchev–Trinajstić information content (AvgIpc) is 2.35. The summed E-state index contributed by atoms with van der Waals surface area (Å²) in [5.74, 6) is -0.410. The summed E-state index contributed by atoms with van der Waals surface area (Å²) in [4.78, 5) is 12.2. The van der Waals surface area contributed by atoms with Gasteiger partial charge in [-0.05, 0) is 31.9 Å². The second kappa shape index (κ2) is 6.14. The summed E-state index contributed by atoms with van der Waals surface area (Å²) in [5, 5.41) is 30.2. The Balaban J connectivity index is 3.08. The van der Waals surface area contributed by atoms with E-state index in [4.69, 9.17) is 0 Å². The maximum Gasteiger partial charge on any atom is 0.252 e. The lowest BCUT2D eigenvalue weighted by molar-refractivity contribution is 0.0374. The van der Waals surface area contributed by atoms with E-state index < -0.39 is 31.3 Å². The lowest BCUT2D eigenvalue weighted by atomic mass is 9.97. The largest absolute Gasteiger partial charge is 0.394 e. The first-order chi connectivity index (χ1) is 8.89. The molecule has 0 saturated carbocycles. The van der Waals surface area contributed by atoms with E-state index in [2.05, 4.69) is 5.32 Å². The molecule has 0 heterocycles. The van der Waals surface area contributed by atoms with Crippen molar-refractivity contribution in [1.29, 1.82) is 0 Å². The number of aliphatic hydroxyl groups excluding tert-OH is 3. The first-order valence-corrected chi connectivity index (χ1v) is 6.12. The Morgan fingerprint density at radius 1 is 1.05 bits per heavy atom. The number of benzene rings is 1. The van der Waals surface area contributed by atoms with Gasteiger partial charge in [-0.1, -0.05) is 17.7 Å². The predicted octanol–water partition coefficient (Wildman–Crippen LogP) is 0.0574. The number of aliphatic hydroxyl groups is 3. The van der Waals surface area contributed by atoms with Crippen molar-refractivity contribution < 1.29 is 20.1 Å². The van der Waals surface area contributed by atoms with E-state index in [1.807, 2.05) is 32.9 Å². The SMILES string of the molecule is Cc1cc(C)c(C(=O)NC(CO)(CO)CO)c(C)c1. The molecule has 0 unspecified atom stereocenters. The Hall–Kier alpha value is -1.43. The van der Waals surface area contributed by atoms with Gasteiger partial charge in [-0.2, -0.15) is 0 Å². The zero-order valence-electron chi connectivity index (χ0n) is 11.5. The van der Waals surface area contributed by atoms with Crippen molar-refractivity contribution >= 4 is 5.91 Å². The Morgan fingerprint density at radius 3 is 1.84 bits per heavy atom. The fourth-order valence-corrected chi connectivity index (χ4v) is 2.11. The van der Waals surface area contributed by atoms with Crippen molar-refractivity contribution in [3.05, 3.63) is 34.4 Å². The van der Waals surface area contributed by atoms with Gasteiger partial charge in [0.25, 0.3) is 5.91 Å². The minimum absolute atomic E-state index is 0.410. The molecule has 1 aromatic carbocycles. The van der Waals surface area contributed by atoms with Gasteiger partial charge >= 0.3 is 0 Å². The lowest BCUT2D eigenvalue weighted by Gasteiger charge is -2.29. The van der Waals surface area contributed by atoms with E-state index in [0.29, 0.717) is 5.56 Å². The minimum Gasteiger partial charge on any atom is -0.394 e. The molecular formula is C14H21NO4. The van der Waals surface area contributed by atoms with Gasteiger partial charge in [0.15, 0.2) is 0 Å². The predicted molar refractivity (Wildman–Crippen MR) is 72.1 cm³/mol. The van der Waals surface area contributed by atoms with Gasteiger partial charge in [0.2, 0.25) is 0 Å². The fraction of sp³-hybridized carbons (Fsp3) is 0.500. The van der Waals surface area contributed by atoms with Gasteiger partial charge in [-0.3, -0.25) is 4.79 Å². The Labute approximate surface area is 112 Å². The van der Waals surface area contributed by atoms with Crippen molar-refractivity contribution in [2.75, 3.05) is 19.8 Å². The molecule has 0 atom stereocenters. The minimum atomic E-state index is -1.40. The summed E-state index contributed by atoms with van der Waals surface area (Å²) in [6, 6.07) is 3.78. The molecule has 0 aromatic heterocycles. The van der Waals surface area contributed by atoms with E-state index in [9.17, 15) is 20.1 Å². The highest BCUT2D eigenvalue weighted by Gasteiger charge is 2.31. The maximum absolute atomic E-state index is 12.2. The highest BCUT2D eigenvalue weighted by Crippen LogP contribution is 2.17. The van der Waals surface area contributed by atoms with Crippen LogP contribution in [0.3, 0.4) is 0 Å². The molecule has 19 heavy (non-hydrogen) atoms. The number of carbonyl (C=O) groups is 1. The van der Waals surface area contributed by atoms with E-state index in [0.717, 1.165) is 16.7 Å². The zero-order valence-corrected chi connectivity index (χ0v) is 11.5. The molecule has 1 amide bonds. The molecule has 0 aliphatic carbocycles. The van der Waals surface area contributed by atoms with Crippen molar-refractivity contribution in [2.45, 2.75) is 26.3 Å². The van der Waals surface area contributed by atoms with Gasteiger partial charge in [0.05, 0.1) is 19.8 Å². The molecule has 0 aliphatic rings. The van der Waals surface area contributed by atoms with Crippen LogP contribution in [0.4, 0.5) is 0 Å². The highest BCUT2D eigenvalue weighted by atomic mass is 16.3. The van der Waals surface area contributed by atoms with Crippen LogP contribution in [0.15, 0.2) is 12.1 Å². The average molecular weight is 267 g/mol. The number of carbonyl (C=O) groups excluding carboxylic acids is 1. The standard InChI is InChI=1S/C14H21NO4/c1-9-4-10(2)12(11(3)5-9)13(19)15-14(6-16,7-17)8-18/h4-5,16-18H,6-8H2,1-3H3,(H,15,19). The summed E-state index contributed by atoms with van der Waals surface area (Å²) < 4.78 is 0. The van der Waals surface area contributed by atoms with Crippen LogP contribution in [0.25, 0.3) is 0 Å². The number of hydrogen-bond donors (Lipinski definition) is 4. The topological polar surface area (TPSA) is 89.8 Å². The van der Waals surface area contributed by atoms with Crippen LogP contribution in [0, 0.1) is 20.8 Å². The van der Waals surface area contributed by atoms with Crippen molar-refractivity contribution in [3.63, 3.8) is 0 Å². The monoisotopic (exact) mass is 267 g/mol. The Bertz CT molecular complexity index is 435. The van der Waals surface area contributed by atoms with Crippen LogP contribution in [-0.4, -0.2) is 46.6 Å². The number of nitrogens with one attached hydrogen (secondary N) is 1. The molecule has 0 fully saturated rings. The van der Waals surface area contributed by atoms with Crippen LogP contribution >= 0.6 is 0 Å². The molecule has 4 N–H and O–H groups in total. The third-order valence-electron chi connectivity index (χ3n) is 3.19. The molecule has 5 heteroatoms. The van der Waals surface area contributed by atoms with Crippen LogP contribution in [0.5, 0.6) is 0 Å². The van der Waals surface area contributed by atoms with E-state index in [1.54, 1.807) is 0 Å². The second-order valence-electron chi connectivity index (χ2n) is 4.98. The van der Waals surface area contributed by atoms with E-state index in [-0.39, 0.29) is 0 Å². The smallest absolute Gasteiger partial charge is 0.252 e. The Kier molecular flexibility index (Phi) is 5.05. The van der Waals surface area contributed by atoms with Gasteiger partial charge in [0.1, 0.15) is 5.54 Å². The molecule has 0 aliphatic heterocycles. The van der Waals surface area contributed by atoms with Crippen LogP contribution in [-0.2, 0) is 0 Å². The zero-order chi connectivity index (χ0) is 14.6. The molecule has 1 rings (SSSR count). The van der Waals surface area contributed by atoms with Crippen molar-refractivity contribution in [1.82, 2.24) is 5.32 Å².